The molecule has 0 saturated heterocycles. The van der Waals surface area contributed by atoms with Crippen LogP contribution in [-0.4, -0.2) is 10.7 Å². The summed E-state index contributed by atoms with van der Waals surface area (Å²) >= 11 is 1.69. The van der Waals surface area contributed by atoms with Crippen LogP contribution < -0.4 is 0 Å². The first-order valence-electron chi connectivity index (χ1n) is 5.28. The summed E-state index contributed by atoms with van der Waals surface area (Å²) in [6.07, 6.45) is 3.68. The van der Waals surface area contributed by atoms with E-state index in [1.54, 1.807) is 11.8 Å². The maximum atomic E-state index is 8.91. The van der Waals surface area contributed by atoms with Crippen molar-refractivity contribution in [3.63, 3.8) is 0 Å². The van der Waals surface area contributed by atoms with Gasteiger partial charge in [-0.2, -0.15) is 5.26 Å². The van der Waals surface area contributed by atoms with E-state index in [1.807, 2.05) is 19.1 Å². The van der Waals surface area contributed by atoms with Gasteiger partial charge in [0.15, 0.2) is 0 Å². The van der Waals surface area contributed by atoms with E-state index < -0.39 is 0 Å². The van der Waals surface area contributed by atoms with Crippen molar-refractivity contribution in [1.82, 2.24) is 4.98 Å². The third-order valence-corrected chi connectivity index (χ3v) is 3.18. The molecule has 1 rings (SSSR count). The standard InChI is InChI=1S/C12H16N2S/c1-3-4-5-8-15-12-11(9-13)7-6-10(2)14-12/h6-7H,3-5,8H2,1-2H3. The zero-order valence-electron chi connectivity index (χ0n) is 9.29. The molecular formula is C12H16N2S. The van der Waals surface area contributed by atoms with Crippen LogP contribution in [0.2, 0.25) is 0 Å². The highest BCUT2D eigenvalue weighted by molar-refractivity contribution is 7.99. The average molecular weight is 220 g/mol. The van der Waals surface area contributed by atoms with Crippen molar-refractivity contribution in [1.29, 1.82) is 5.26 Å². The fourth-order valence-corrected chi connectivity index (χ4v) is 2.27. The summed E-state index contributed by atoms with van der Waals surface area (Å²) in [5.41, 5.74) is 1.68. The molecule has 0 aliphatic carbocycles. The minimum Gasteiger partial charge on any atom is -0.245 e. The van der Waals surface area contributed by atoms with Crippen molar-refractivity contribution in [3.05, 3.63) is 23.4 Å². The molecule has 0 N–H and O–H groups in total. The summed E-state index contributed by atoms with van der Waals surface area (Å²) in [6.45, 7) is 4.15. The number of aromatic nitrogens is 1. The predicted octanol–water partition coefficient (Wildman–Crippen LogP) is 3.54. The van der Waals surface area contributed by atoms with Crippen molar-refractivity contribution in [2.24, 2.45) is 0 Å². The number of thioether (sulfide) groups is 1. The van der Waals surface area contributed by atoms with Gasteiger partial charge >= 0.3 is 0 Å². The number of hydrogen-bond donors (Lipinski definition) is 0. The van der Waals surface area contributed by atoms with Crippen LogP contribution in [0.25, 0.3) is 0 Å². The zero-order chi connectivity index (χ0) is 11.1. The van der Waals surface area contributed by atoms with Crippen molar-refractivity contribution in [3.8, 4) is 6.07 Å². The molecule has 0 unspecified atom stereocenters. The monoisotopic (exact) mass is 220 g/mol. The summed E-state index contributed by atoms with van der Waals surface area (Å²) in [4.78, 5) is 4.38. The maximum absolute atomic E-state index is 8.91. The normalized spacial score (nSPS) is 9.93. The lowest BCUT2D eigenvalue weighted by molar-refractivity contribution is 0.778. The quantitative estimate of drug-likeness (QED) is 0.562. The van der Waals surface area contributed by atoms with Crippen LogP contribution in [0.15, 0.2) is 17.2 Å². The lowest BCUT2D eigenvalue weighted by Crippen LogP contribution is -1.91. The number of unbranched alkanes of at least 4 members (excludes halogenated alkanes) is 2. The summed E-state index contributed by atoms with van der Waals surface area (Å²) < 4.78 is 0. The molecule has 0 radical (unpaired) electrons. The molecule has 15 heavy (non-hydrogen) atoms. The lowest BCUT2D eigenvalue weighted by Gasteiger charge is -2.03. The van der Waals surface area contributed by atoms with Crippen molar-refractivity contribution < 1.29 is 0 Å². The van der Waals surface area contributed by atoms with Crippen LogP contribution >= 0.6 is 11.8 Å². The molecule has 2 nitrogen and oxygen atoms in total. The molecular weight excluding hydrogens is 204 g/mol. The van der Waals surface area contributed by atoms with Crippen LogP contribution in [-0.2, 0) is 0 Å². The number of nitriles is 1. The number of hydrogen-bond acceptors (Lipinski definition) is 3. The Kier molecular flexibility index (Phi) is 5.20. The van der Waals surface area contributed by atoms with E-state index in [1.165, 1.54) is 19.3 Å². The molecule has 3 heteroatoms. The minimum atomic E-state index is 0.696. The Bertz CT molecular complexity index is 355. The molecule has 1 aromatic rings. The van der Waals surface area contributed by atoms with E-state index in [4.69, 9.17) is 5.26 Å². The van der Waals surface area contributed by atoms with Gasteiger partial charge in [0, 0.05) is 5.69 Å². The van der Waals surface area contributed by atoms with E-state index in [9.17, 15) is 0 Å². The fraction of sp³-hybridized carbons (Fsp3) is 0.500. The van der Waals surface area contributed by atoms with E-state index in [0.29, 0.717) is 5.56 Å². The Labute approximate surface area is 95.7 Å². The Morgan fingerprint density at radius 1 is 1.40 bits per heavy atom. The smallest absolute Gasteiger partial charge is 0.114 e. The molecule has 1 heterocycles. The summed E-state index contributed by atoms with van der Waals surface area (Å²) in [5, 5.41) is 9.79. The van der Waals surface area contributed by atoms with Crippen LogP contribution in [0, 0.1) is 18.3 Å². The number of aryl methyl sites for hydroxylation is 1. The largest absolute Gasteiger partial charge is 0.245 e. The second kappa shape index (κ2) is 6.47. The van der Waals surface area contributed by atoms with Gasteiger partial charge in [-0.1, -0.05) is 19.8 Å². The molecule has 0 fully saturated rings. The van der Waals surface area contributed by atoms with Gasteiger partial charge in [0.2, 0.25) is 0 Å². The summed E-state index contributed by atoms with van der Waals surface area (Å²) in [6, 6.07) is 5.92. The molecule has 0 spiro atoms. The van der Waals surface area contributed by atoms with Gasteiger partial charge in [-0.15, -0.1) is 11.8 Å². The SMILES string of the molecule is CCCCCSc1nc(C)ccc1C#N. The highest BCUT2D eigenvalue weighted by Gasteiger charge is 2.03. The molecule has 0 atom stereocenters. The van der Waals surface area contributed by atoms with Crippen molar-refractivity contribution >= 4 is 11.8 Å². The van der Waals surface area contributed by atoms with Gasteiger partial charge in [0.25, 0.3) is 0 Å². The second-order valence-electron chi connectivity index (χ2n) is 3.47. The third kappa shape index (κ3) is 3.93. The zero-order valence-corrected chi connectivity index (χ0v) is 10.1. The Hall–Kier alpha value is -1.01. The molecule has 0 bridgehead atoms. The van der Waals surface area contributed by atoms with Crippen molar-refractivity contribution in [2.45, 2.75) is 38.1 Å². The minimum absolute atomic E-state index is 0.696. The molecule has 0 aliphatic rings. The first kappa shape index (κ1) is 12.1. The van der Waals surface area contributed by atoms with Gasteiger partial charge in [0.1, 0.15) is 11.1 Å². The maximum Gasteiger partial charge on any atom is 0.114 e. The van der Waals surface area contributed by atoms with Crippen LogP contribution in [0.4, 0.5) is 0 Å². The Balaban J connectivity index is 2.59. The van der Waals surface area contributed by atoms with Crippen LogP contribution in [0.5, 0.6) is 0 Å². The van der Waals surface area contributed by atoms with E-state index in [-0.39, 0.29) is 0 Å². The van der Waals surface area contributed by atoms with Crippen LogP contribution in [0.3, 0.4) is 0 Å². The lowest BCUT2D eigenvalue weighted by atomic mass is 10.3. The van der Waals surface area contributed by atoms with Crippen molar-refractivity contribution in [2.75, 3.05) is 5.75 Å². The number of nitrogens with zero attached hydrogens (tertiary/aromatic N) is 2. The first-order chi connectivity index (χ1) is 7.27. The van der Waals surface area contributed by atoms with Gasteiger partial charge in [-0.3, -0.25) is 0 Å². The topological polar surface area (TPSA) is 36.7 Å². The fourth-order valence-electron chi connectivity index (χ4n) is 1.25. The highest BCUT2D eigenvalue weighted by atomic mass is 32.2. The van der Waals surface area contributed by atoms with Gasteiger partial charge in [-0.05, 0) is 31.2 Å². The summed E-state index contributed by atoms with van der Waals surface area (Å²) in [7, 11) is 0. The van der Waals surface area contributed by atoms with Gasteiger partial charge < -0.3 is 0 Å². The molecule has 0 aromatic carbocycles. The average Bonchev–Trinajstić information content (AvgIpc) is 2.25. The Morgan fingerprint density at radius 2 is 2.20 bits per heavy atom. The third-order valence-electron chi connectivity index (χ3n) is 2.11. The molecule has 0 saturated carbocycles. The van der Waals surface area contributed by atoms with E-state index in [0.717, 1.165) is 16.5 Å². The summed E-state index contributed by atoms with van der Waals surface area (Å²) in [5.74, 6) is 1.05. The predicted molar refractivity (Wildman–Crippen MR) is 63.9 cm³/mol. The van der Waals surface area contributed by atoms with Gasteiger partial charge in [-0.25, -0.2) is 4.98 Å². The highest BCUT2D eigenvalue weighted by Crippen LogP contribution is 2.21. The molecule has 1 aromatic heterocycles. The van der Waals surface area contributed by atoms with Crippen LogP contribution in [0.1, 0.15) is 37.4 Å². The van der Waals surface area contributed by atoms with Gasteiger partial charge in [0.05, 0.1) is 5.56 Å². The molecule has 80 valence electrons. The van der Waals surface area contributed by atoms with E-state index >= 15 is 0 Å². The number of pyridine rings is 1. The first-order valence-corrected chi connectivity index (χ1v) is 6.27. The number of rotatable bonds is 5. The van der Waals surface area contributed by atoms with E-state index in [2.05, 4.69) is 18.0 Å². The molecule has 0 aliphatic heterocycles. The molecule has 0 amide bonds. The second-order valence-corrected chi connectivity index (χ2v) is 4.56. The Morgan fingerprint density at radius 3 is 2.87 bits per heavy atom.